The van der Waals surface area contributed by atoms with E-state index in [4.69, 9.17) is 10.8 Å². The third kappa shape index (κ3) is 2.46. The first-order valence-corrected chi connectivity index (χ1v) is 4.22. The molecular weight excluding hydrogens is 198 g/mol. The van der Waals surface area contributed by atoms with Crippen molar-refractivity contribution in [1.82, 2.24) is 0 Å². The van der Waals surface area contributed by atoms with E-state index in [9.17, 15) is 9.59 Å². The maximum absolute atomic E-state index is 11.3. The average molecular weight is 209 g/mol. The molecule has 5 heteroatoms. The molecule has 1 unspecified atom stereocenters. The second-order valence-corrected chi connectivity index (χ2v) is 2.95. The number of amides is 1. The lowest BCUT2D eigenvalue weighted by molar-refractivity contribution is -0.145. The molecule has 1 rings (SSSR count). The quantitative estimate of drug-likeness (QED) is 0.547. The summed E-state index contributed by atoms with van der Waals surface area (Å²) >= 11 is 0. The summed E-state index contributed by atoms with van der Waals surface area (Å²) in [4.78, 5) is 22.3. The van der Waals surface area contributed by atoms with Crippen molar-refractivity contribution in [1.29, 1.82) is 0 Å². The van der Waals surface area contributed by atoms with Gasteiger partial charge in [0.05, 0.1) is 7.11 Å². The standard InChI is InChI=1S/C10H11NO4/c1-15-10(14)8(9(11)13)6-2-4-7(12)5-3-6/h2-5,8,12H,1H3,(H2,11,13). The first-order chi connectivity index (χ1) is 7.06. The van der Waals surface area contributed by atoms with E-state index in [1.54, 1.807) is 0 Å². The van der Waals surface area contributed by atoms with Gasteiger partial charge in [0, 0.05) is 0 Å². The lowest BCUT2D eigenvalue weighted by Gasteiger charge is -2.10. The highest BCUT2D eigenvalue weighted by atomic mass is 16.5. The molecule has 0 aliphatic rings. The van der Waals surface area contributed by atoms with Crippen molar-refractivity contribution in [3.05, 3.63) is 29.8 Å². The van der Waals surface area contributed by atoms with Gasteiger partial charge in [-0.25, -0.2) is 0 Å². The van der Waals surface area contributed by atoms with Crippen LogP contribution in [0.4, 0.5) is 0 Å². The van der Waals surface area contributed by atoms with Crippen LogP contribution in [0.25, 0.3) is 0 Å². The molecule has 0 spiro atoms. The van der Waals surface area contributed by atoms with Crippen molar-refractivity contribution in [2.45, 2.75) is 5.92 Å². The van der Waals surface area contributed by atoms with Crippen LogP contribution in [0.3, 0.4) is 0 Å². The van der Waals surface area contributed by atoms with Crippen LogP contribution >= 0.6 is 0 Å². The number of carbonyl (C=O) groups excluding carboxylic acids is 2. The summed E-state index contributed by atoms with van der Waals surface area (Å²) < 4.78 is 4.46. The van der Waals surface area contributed by atoms with Gasteiger partial charge in [-0.15, -0.1) is 0 Å². The fourth-order valence-electron chi connectivity index (χ4n) is 1.20. The summed E-state index contributed by atoms with van der Waals surface area (Å²) in [7, 11) is 1.18. The van der Waals surface area contributed by atoms with E-state index in [-0.39, 0.29) is 5.75 Å². The van der Waals surface area contributed by atoms with Gasteiger partial charge in [-0.2, -0.15) is 0 Å². The van der Waals surface area contributed by atoms with E-state index < -0.39 is 17.8 Å². The van der Waals surface area contributed by atoms with Crippen molar-refractivity contribution >= 4 is 11.9 Å². The Kier molecular flexibility index (Phi) is 3.28. The van der Waals surface area contributed by atoms with Crippen LogP contribution in [0.5, 0.6) is 5.75 Å². The Bertz CT molecular complexity index is 372. The van der Waals surface area contributed by atoms with Gasteiger partial charge >= 0.3 is 5.97 Å². The topological polar surface area (TPSA) is 89.6 Å². The number of ether oxygens (including phenoxy) is 1. The van der Waals surface area contributed by atoms with Gasteiger partial charge in [0.1, 0.15) is 5.75 Å². The van der Waals surface area contributed by atoms with Gasteiger partial charge in [-0.1, -0.05) is 12.1 Å². The smallest absolute Gasteiger partial charge is 0.322 e. The van der Waals surface area contributed by atoms with Crippen molar-refractivity contribution in [2.75, 3.05) is 7.11 Å². The predicted molar refractivity (Wildman–Crippen MR) is 52.1 cm³/mol. The number of aromatic hydroxyl groups is 1. The van der Waals surface area contributed by atoms with Gasteiger partial charge in [0.25, 0.3) is 0 Å². The lowest BCUT2D eigenvalue weighted by Crippen LogP contribution is -2.29. The normalized spacial score (nSPS) is 11.8. The zero-order valence-corrected chi connectivity index (χ0v) is 8.14. The van der Waals surface area contributed by atoms with Crippen LogP contribution in [0, 0.1) is 0 Å². The van der Waals surface area contributed by atoms with E-state index in [1.807, 2.05) is 0 Å². The summed E-state index contributed by atoms with van der Waals surface area (Å²) in [6.07, 6.45) is 0. The molecule has 0 fully saturated rings. The van der Waals surface area contributed by atoms with Crippen molar-refractivity contribution < 1.29 is 19.4 Å². The van der Waals surface area contributed by atoms with Crippen LogP contribution in [0.2, 0.25) is 0 Å². The van der Waals surface area contributed by atoms with E-state index in [2.05, 4.69) is 4.74 Å². The zero-order chi connectivity index (χ0) is 11.4. The van der Waals surface area contributed by atoms with Crippen molar-refractivity contribution in [3.63, 3.8) is 0 Å². The summed E-state index contributed by atoms with van der Waals surface area (Å²) in [5.41, 5.74) is 5.48. The first kappa shape index (κ1) is 11.0. The fraction of sp³-hybridized carbons (Fsp3) is 0.200. The zero-order valence-electron chi connectivity index (χ0n) is 8.14. The molecule has 3 N–H and O–H groups in total. The molecule has 0 saturated heterocycles. The van der Waals surface area contributed by atoms with Gasteiger partial charge in [0.15, 0.2) is 5.92 Å². The Morgan fingerprint density at radius 1 is 1.33 bits per heavy atom. The van der Waals surface area contributed by atoms with E-state index in [0.29, 0.717) is 5.56 Å². The minimum atomic E-state index is -1.13. The maximum Gasteiger partial charge on any atom is 0.322 e. The Balaban J connectivity index is 3.04. The molecule has 0 aromatic heterocycles. The second kappa shape index (κ2) is 4.45. The molecule has 0 saturated carbocycles. The largest absolute Gasteiger partial charge is 0.508 e. The minimum Gasteiger partial charge on any atom is -0.508 e. The average Bonchev–Trinajstić information content (AvgIpc) is 2.20. The molecule has 0 heterocycles. The SMILES string of the molecule is COC(=O)C(C(N)=O)c1ccc(O)cc1. The Hall–Kier alpha value is -2.04. The Morgan fingerprint density at radius 3 is 2.27 bits per heavy atom. The minimum absolute atomic E-state index is 0.0480. The lowest BCUT2D eigenvalue weighted by atomic mass is 9.99. The Morgan fingerprint density at radius 2 is 1.87 bits per heavy atom. The summed E-state index contributed by atoms with van der Waals surface area (Å²) in [6, 6.07) is 5.63. The fourth-order valence-corrected chi connectivity index (χ4v) is 1.20. The molecule has 1 aromatic rings. The first-order valence-electron chi connectivity index (χ1n) is 4.22. The molecule has 5 nitrogen and oxygen atoms in total. The third-order valence-electron chi connectivity index (χ3n) is 1.95. The van der Waals surface area contributed by atoms with Gasteiger partial charge < -0.3 is 15.6 Å². The highest BCUT2D eigenvalue weighted by Crippen LogP contribution is 2.19. The summed E-state index contributed by atoms with van der Waals surface area (Å²) in [6.45, 7) is 0. The third-order valence-corrected chi connectivity index (χ3v) is 1.95. The van der Waals surface area contributed by atoms with E-state index in [1.165, 1.54) is 31.4 Å². The summed E-state index contributed by atoms with van der Waals surface area (Å²) in [5, 5.41) is 9.04. The second-order valence-electron chi connectivity index (χ2n) is 2.95. The number of phenols is 1. The number of esters is 1. The molecule has 0 bridgehead atoms. The number of hydrogen-bond donors (Lipinski definition) is 2. The molecule has 1 atom stereocenters. The van der Waals surface area contributed by atoms with Crippen LogP contribution in [0.1, 0.15) is 11.5 Å². The predicted octanol–water partition coefficient (Wildman–Crippen LogP) is 0.134. The van der Waals surface area contributed by atoms with Gasteiger partial charge in [0.2, 0.25) is 5.91 Å². The molecule has 1 amide bonds. The van der Waals surface area contributed by atoms with Crippen LogP contribution in [-0.2, 0) is 14.3 Å². The summed E-state index contributed by atoms with van der Waals surface area (Å²) in [5.74, 6) is -2.58. The number of carbonyl (C=O) groups is 2. The van der Waals surface area contributed by atoms with Gasteiger partial charge in [-0.3, -0.25) is 9.59 Å². The molecule has 0 radical (unpaired) electrons. The number of phenolic OH excluding ortho intramolecular Hbond substituents is 1. The number of methoxy groups -OCH3 is 1. The Labute approximate surface area is 86.5 Å². The highest BCUT2D eigenvalue weighted by molar-refractivity contribution is 6.02. The molecule has 0 aliphatic carbocycles. The molecule has 80 valence electrons. The molecule has 0 aliphatic heterocycles. The molecule has 1 aromatic carbocycles. The number of hydrogen-bond acceptors (Lipinski definition) is 4. The van der Waals surface area contributed by atoms with Crippen LogP contribution in [0.15, 0.2) is 24.3 Å². The van der Waals surface area contributed by atoms with E-state index in [0.717, 1.165) is 0 Å². The maximum atomic E-state index is 11.3. The van der Waals surface area contributed by atoms with Crippen LogP contribution in [-0.4, -0.2) is 24.1 Å². The van der Waals surface area contributed by atoms with Crippen molar-refractivity contribution in [3.8, 4) is 5.75 Å². The molecule has 15 heavy (non-hydrogen) atoms. The van der Waals surface area contributed by atoms with Gasteiger partial charge in [-0.05, 0) is 17.7 Å². The monoisotopic (exact) mass is 209 g/mol. The number of primary amides is 1. The van der Waals surface area contributed by atoms with E-state index >= 15 is 0 Å². The highest BCUT2D eigenvalue weighted by Gasteiger charge is 2.27. The number of nitrogens with two attached hydrogens (primary N) is 1. The molecular formula is C10H11NO4. The van der Waals surface area contributed by atoms with Crippen molar-refractivity contribution in [2.24, 2.45) is 5.73 Å². The number of rotatable bonds is 3. The van der Waals surface area contributed by atoms with Crippen LogP contribution < -0.4 is 5.73 Å². The number of benzene rings is 1.